The molecule has 2 aromatic rings. The molecule has 0 radical (unpaired) electrons. The first-order valence-corrected chi connectivity index (χ1v) is 7.90. The van der Waals surface area contributed by atoms with Crippen LogP contribution >= 0.6 is 0 Å². The van der Waals surface area contributed by atoms with Crippen LogP contribution in [0.3, 0.4) is 0 Å². The zero-order chi connectivity index (χ0) is 17.1. The largest absolute Gasteiger partial charge is 0.334 e. The summed E-state index contributed by atoms with van der Waals surface area (Å²) in [7, 11) is 0. The lowest BCUT2D eigenvalue weighted by molar-refractivity contribution is -0.384. The summed E-state index contributed by atoms with van der Waals surface area (Å²) in [6.07, 6.45) is 1.89. The average Bonchev–Trinajstić information content (AvgIpc) is 3.44. The minimum atomic E-state index is -0.717. The highest BCUT2D eigenvalue weighted by atomic mass is 16.6. The van der Waals surface area contributed by atoms with Gasteiger partial charge in [-0.3, -0.25) is 14.9 Å². The Labute approximate surface area is 140 Å². The SMILES string of the molecule is NC(C(=O)N(Cc1cccc([N+](=O)[O-])c1)C1CC1)c1ccccc1. The van der Waals surface area contributed by atoms with Crippen LogP contribution in [0.5, 0.6) is 0 Å². The fourth-order valence-corrected chi connectivity index (χ4v) is 2.72. The molecular weight excluding hydrogens is 306 g/mol. The molecule has 0 spiro atoms. The van der Waals surface area contributed by atoms with Crippen LogP contribution in [0.1, 0.15) is 30.0 Å². The maximum absolute atomic E-state index is 12.8. The van der Waals surface area contributed by atoms with E-state index in [0.717, 1.165) is 24.0 Å². The number of benzene rings is 2. The zero-order valence-corrected chi connectivity index (χ0v) is 13.2. The van der Waals surface area contributed by atoms with Gasteiger partial charge in [-0.2, -0.15) is 0 Å². The van der Waals surface area contributed by atoms with E-state index >= 15 is 0 Å². The van der Waals surface area contributed by atoms with Gasteiger partial charge in [0.1, 0.15) is 6.04 Å². The van der Waals surface area contributed by atoms with Crippen molar-refractivity contribution < 1.29 is 9.72 Å². The van der Waals surface area contributed by atoms with Crippen molar-refractivity contribution in [3.8, 4) is 0 Å². The summed E-state index contributed by atoms with van der Waals surface area (Å²) in [4.78, 5) is 25.1. The number of hydrogen-bond donors (Lipinski definition) is 1. The highest BCUT2D eigenvalue weighted by Gasteiger charge is 2.35. The number of nitro groups is 1. The monoisotopic (exact) mass is 325 g/mol. The second-order valence-corrected chi connectivity index (χ2v) is 6.01. The Kier molecular flexibility index (Phi) is 4.57. The van der Waals surface area contributed by atoms with E-state index in [-0.39, 0.29) is 17.6 Å². The third kappa shape index (κ3) is 3.60. The van der Waals surface area contributed by atoms with E-state index in [1.54, 1.807) is 17.0 Å². The van der Waals surface area contributed by atoms with E-state index in [1.807, 2.05) is 30.3 Å². The summed E-state index contributed by atoms with van der Waals surface area (Å²) in [5.74, 6) is -0.143. The Morgan fingerprint density at radius 2 is 1.92 bits per heavy atom. The Balaban J connectivity index is 1.79. The topological polar surface area (TPSA) is 89.5 Å². The molecule has 3 rings (SSSR count). The lowest BCUT2D eigenvalue weighted by Crippen LogP contribution is -2.39. The molecule has 0 bridgehead atoms. The average molecular weight is 325 g/mol. The van der Waals surface area contributed by atoms with E-state index in [2.05, 4.69) is 0 Å². The number of rotatable bonds is 6. The van der Waals surface area contributed by atoms with Crippen LogP contribution < -0.4 is 5.73 Å². The molecule has 1 unspecified atom stereocenters. The number of nitrogens with zero attached hydrogens (tertiary/aromatic N) is 2. The van der Waals surface area contributed by atoms with Crippen LogP contribution in [-0.4, -0.2) is 21.8 Å². The maximum Gasteiger partial charge on any atom is 0.269 e. The summed E-state index contributed by atoms with van der Waals surface area (Å²) in [6, 6.07) is 15.1. The van der Waals surface area contributed by atoms with Gasteiger partial charge in [-0.25, -0.2) is 0 Å². The fourth-order valence-electron chi connectivity index (χ4n) is 2.72. The minimum Gasteiger partial charge on any atom is -0.334 e. The molecule has 0 heterocycles. The van der Waals surface area contributed by atoms with Crippen LogP contribution in [0.2, 0.25) is 0 Å². The van der Waals surface area contributed by atoms with Gasteiger partial charge >= 0.3 is 0 Å². The molecular formula is C18H19N3O3. The Hall–Kier alpha value is -2.73. The van der Waals surface area contributed by atoms with Crippen molar-refractivity contribution in [1.82, 2.24) is 4.90 Å². The Bertz CT molecular complexity index is 744. The number of hydrogen-bond acceptors (Lipinski definition) is 4. The highest BCUT2D eigenvalue weighted by Crippen LogP contribution is 2.31. The molecule has 1 saturated carbocycles. The third-order valence-corrected chi connectivity index (χ3v) is 4.17. The number of amides is 1. The molecule has 0 saturated heterocycles. The summed E-state index contributed by atoms with van der Waals surface area (Å²) in [6.45, 7) is 0.339. The first-order chi connectivity index (χ1) is 11.6. The van der Waals surface area contributed by atoms with Gasteiger partial charge in [-0.05, 0) is 24.0 Å². The molecule has 1 atom stereocenters. The van der Waals surface area contributed by atoms with Crippen molar-refractivity contribution >= 4 is 11.6 Å². The molecule has 1 amide bonds. The smallest absolute Gasteiger partial charge is 0.269 e. The molecule has 6 heteroatoms. The fraction of sp³-hybridized carbons (Fsp3) is 0.278. The zero-order valence-electron chi connectivity index (χ0n) is 13.2. The molecule has 6 nitrogen and oxygen atoms in total. The van der Waals surface area contributed by atoms with E-state index in [0.29, 0.717) is 6.54 Å². The van der Waals surface area contributed by atoms with Crippen LogP contribution in [0.15, 0.2) is 54.6 Å². The predicted octanol–water partition coefficient (Wildman–Crippen LogP) is 2.79. The van der Waals surface area contributed by atoms with Crippen molar-refractivity contribution in [2.45, 2.75) is 31.5 Å². The Morgan fingerprint density at radius 3 is 2.54 bits per heavy atom. The van der Waals surface area contributed by atoms with Gasteiger partial charge < -0.3 is 10.6 Å². The molecule has 0 aromatic heterocycles. The Morgan fingerprint density at radius 1 is 1.21 bits per heavy atom. The van der Waals surface area contributed by atoms with Crippen LogP contribution in [-0.2, 0) is 11.3 Å². The van der Waals surface area contributed by atoms with Gasteiger partial charge in [0.2, 0.25) is 5.91 Å². The molecule has 1 fully saturated rings. The van der Waals surface area contributed by atoms with Crippen molar-refractivity contribution in [2.75, 3.05) is 0 Å². The number of non-ortho nitro benzene ring substituents is 1. The number of carbonyl (C=O) groups excluding carboxylic acids is 1. The first-order valence-electron chi connectivity index (χ1n) is 7.90. The van der Waals surface area contributed by atoms with Crippen LogP contribution in [0, 0.1) is 10.1 Å². The second kappa shape index (κ2) is 6.80. The van der Waals surface area contributed by atoms with E-state index in [1.165, 1.54) is 12.1 Å². The molecule has 2 aromatic carbocycles. The lowest BCUT2D eigenvalue weighted by Gasteiger charge is -2.26. The maximum atomic E-state index is 12.8. The molecule has 1 aliphatic rings. The van der Waals surface area contributed by atoms with E-state index in [9.17, 15) is 14.9 Å². The summed E-state index contributed by atoms with van der Waals surface area (Å²) in [5.41, 5.74) is 7.68. The van der Waals surface area contributed by atoms with E-state index in [4.69, 9.17) is 5.73 Å². The number of nitrogens with two attached hydrogens (primary N) is 1. The number of nitro benzene ring substituents is 1. The van der Waals surface area contributed by atoms with Crippen molar-refractivity contribution in [3.63, 3.8) is 0 Å². The normalized spacial score (nSPS) is 14.9. The summed E-state index contributed by atoms with van der Waals surface area (Å²) >= 11 is 0. The van der Waals surface area contributed by atoms with Crippen LogP contribution in [0.4, 0.5) is 5.69 Å². The third-order valence-electron chi connectivity index (χ3n) is 4.17. The molecule has 1 aliphatic carbocycles. The van der Waals surface area contributed by atoms with Gasteiger partial charge in [0, 0.05) is 24.7 Å². The lowest BCUT2D eigenvalue weighted by atomic mass is 10.1. The van der Waals surface area contributed by atoms with Gasteiger partial charge in [0.25, 0.3) is 5.69 Å². The summed E-state index contributed by atoms with van der Waals surface area (Å²) in [5, 5.41) is 10.9. The predicted molar refractivity (Wildman–Crippen MR) is 90.0 cm³/mol. The van der Waals surface area contributed by atoms with Crippen molar-refractivity contribution in [3.05, 3.63) is 75.8 Å². The van der Waals surface area contributed by atoms with Gasteiger partial charge in [-0.15, -0.1) is 0 Å². The van der Waals surface area contributed by atoms with Crippen molar-refractivity contribution in [1.29, 1.82) is 0 Å². The van der Waals surface area contributed by atoms with Crippen molar-refractivity contribution in [2.24, 2.45) is 5.73 Å². The highest BCUT2D eigenvalue weighted by molar-refractivity contribution is 5.83. The molecule has 2 N–H and O–H groups in total. The quantitative estimate of drug-likeness (QED) is 0.653. The van der Waals surface area contributed by atoms with E-state index < -0.39 is 11.0 Å². The van der Waals surface area contributed by atoms with Crippen LogP contribution in [0.25, 0.3) is 0 Å². The minimum absolute atomic E-state index is 0.0306. The first kappa shape index (κ1) is 16.1. The van der Waals surface area contributed by atoms with Gasteiger partial charge in [0.05, 0.1) is 4.92 Å². The second-order valence-electron chi connectivity index (χ2n) is 6.01. The summed E-state index contributed by atoms with van der Waals surface area (Å²) < 4.78 is 0. The standard InChI is InChI=1S/C18H19N3O3/c19-17(14-6-2-1-3-7-14)18(22)20(15-9-10-15)12-13-5-4-8-16(11-13)21(23)24/h1-8,11,15,17H,9-10,12,19H2. The molecule has 24 heavy (non-hydrogen) atoms. The van der Waals surface area contributed by atoms with Gasteiger partial charge in [0.15, 0.2) is 0 Å². The number of carbonyl (C=O) groups is 1. The van der Waals surface area contributed by atoms with Gasteiger partial charge in [-0.1, -0.05) is 42.5 Å². The molecule has 0 aliphatic heterocycles. The molecule has 124 valence electrons.